The predicted molar refractivity (Wildman–Crippen MR) is 79.9 cm³/mol. The number of nitrogens with zero attached hydrogens (tertiary/aromatic N) is 2. The van der Waals surface area contributed by atoms with Gasteiger partial charge in [-0.3, -0.25) is 15.4 Å². The van der Waals surface area contributed by atoms with Crippen molar-refractivity contribution in [2.24, 2.45) is 0 Å². The van der Waals surface area contributed by atoms with Crippen molar-refractivity contribution < 1.29 is 14.5 Å². The molecule has 0 aliphatic heterocycles. The molecule has 2 aliphatic rings. The van der Waals surface area contributed by atoms with Gasteiger partial charge in [0.25, 0.3) is 5.69 Å². The number of nitro benzene ring substituents is 1. The fourth-order valence-electron chi connectivity index (χ4n) is 1.44. The first kappa shape index (κ1) is 15.2. The summed E-state index contributed by atoms with van der Waals surface area (Å²) in [6.45, 7) is 0.207. The van der Waals surface area contributed by atoms with E-state index < -0.39 is 6.09 Å². The van der Waals surface area contributed by atoms with Crippen LogP contribution in [0.25, 0.3) is 11.1 Å². The Morgan fingerprint density at radius 1 is 1.52 bits per heavy atom. The quantitative estimate of drug-likeness (QED) is 0.449. The van der Waals surface area contributed by atoms with Gasteiger partial charge in [-0.15, -0.1) is 22.9 Å². The van der Waals surface area contributed by atoms with Crippen molar-refractivity contribution in [2.75, 3.05) is 17.8 Å². The molecule has 1 aromatic heterocycles. The summed E-state index contributed by atoms with van der Waals surface area (Å²) in [5, 5.41) is 14.8. The van der Waals surface area contributed by atoms with E-state index in [0.29, 0.717) is 11.0 Å². The van der Waals surface area contributed by atoms with Crippen molar-refractivity contribution in [3.05, 3.63) is 39.9 Å². The molecule has 3 rings (SSSR count). The van der Waals surface area contributed by atoms with Crippen molar-refractivity contribution in [3.63, 3.8) is 0 Å². The molecule has 0 saturated heterocycles. The van der Waals surface area contributed by atoms with E-state index in [1.165, 1.54) is 17.4 Å². The van der Waals surface area contributed by atoms with Gasteiger partial charge in [-0.05, 0) is 17.7 Å². The first-order chi connectivity index (χ1) is 10.1. The molecule has 21 heavy (non-hydrogen) atoms. The maximum Gasteiger partial charge on any atom is 0.413 e. The van der Waals surface area contributed by atoms with Gasteiger partial charge in [0.2, 0.25) is 0 Å². The molecule has 1 N–H and O–H groups in total. The molecule has 0 fully saturated rings. The number of carbonyl (C=O) groups excluding carboxylic acids is 1. The molecule has 110 valence electrons. The molecular formula is C12H10ClN3O4S. The van der Waals surface area contributed by atoms with Crippen LogP contribution in [0, 0.1) is 10.1 Å². The van der Waals surface area contributed by atoms with Crippen LogP contribution in [-0.2, 0) is 4.74 Å². The van der Waals surface area contributed by atoms with Crippen LogP contribution >= 0.6 is 22.9 Å². The molecule has 1 heterocycles. The highest BCUT2D eigenvalue weighted by atomic mass is 35.5. The van der Waals surface area contributed by atoms with Gasteiger partial charge in [0.15, 0.2) is 5.13 Å². The fraction of sp³-hybridized carbons (Fsp3) is 0.167. The zero-order chi connectivity index (χ0) is 15.2. The van der Waals surface area contributed by atoms with Gasteiger partial charge in [0.1, 0.15) is 6.61 Å². The number of hydrogen-bond donors (Lipinski definition) is 1. The molecule has 1 aromatic rings. The summed E-state index contributed by atoms with van der Waals surface area (Å²) < 4.78 is 4.65. The highest BCUT2D eigenvalue weighted by molar-refractivity contribution is 7.13. The van der Waals surface area contributed by atoms with Crippen LogP contribution in [0.4, 0.5) is 15.6 Å². The number of carbonyl (C=O) groups is 1. The third-order valence-corrected chi connectivity index (χ3v) is 3.22. The molecule has 7 nitrogen and oxygen atoms in total. The smallest absolute Gasteiger partial charge is 0.413 e. The lowest BCUT2D eigenvalue weighted by Gasteiger charge is -2.00. The maximum atomic E-state index is 10.8. The van der Waals surface area contributed by atoms with Crippen LogP contribution < -0.4 is 5.32 Å². The Labute approximate surface area is 128 Å². The number of nitrogens with one attached hydrogen (secondary N) is 1. The number of alkyl halides is 1. The summed E-state index contributed by atoms with van der Waals surface area (Å²) in [6.07, 6.45) is 1.08. The van der Waals surface area contributed by atoms with Crippen molar-refractivity contribution in [1.29, 1.82) is 0 Å². The van der Waals surface area contributed by atoms with Crippen molar-refractivity contribution in [3.8, 4) is 11.1 Å². The van der Waals surface area contributed by atoms with Crippen LogP contribution in [0.15, 0.2) is 29.8 Å². The molecule has 0 saturated carbocycles. The van der Waals surface area contributed by atoms with E-state index in [1.54, 1.807) is 23.7 Å². The molecule has 0 spiro atoms. The number of fused-ring (bicyclic) bond motifs is 1. The van der Waals surface area contributed by atoms with Crippen LogP contribution in [0.3, 0.4) is 0 Å². The van der Waals surface area contributed by atoms with E-state index >= 15 is 0 Å². The molecule has 0 radical (unpaired) electrons. The van der Waals surface area contributed by atoms with Crippen LogP contribution in [0.2, 0.25) is 0 Å². The third kappa shape index (κ3) is 4.40. The third-order valence-electron chi connectivity index (χ3n) is 2.37. The highest BCUT2D eigenvalue weighted by Gasteiger charge is 2.24. The number of thiazole rings is 1. The number of benzene rings is 1. The van der Waals surface area contributed by atoms with Crippen molar-refractivity contribution in [2.45, 2.75) is 0 Å². The second kappa shape index (κ2) is 7.00. The number of nitro groups is 1. The van der Waals surface area contributed by atoms with Gasteiger partial charge in [-0.1, -0.05) is 0 Å². The zero-order valence-electron chi connectivity index (χ0n) is 10.6. The number of amides is 1. The van der Waals surface area contributed by atoms with E-state index in [4.69, 9.17) is 11.6 Å². The van der Waals surface area contributed by atoms with Gasteiger partial charge in [-0.25, -0.2) is 9.78 Å². The van der Waals surface area contributed by atoms with Gasteiger partial charge in [-0.2, -0.15) is 0 Å². The molecule has 1 amide bonds. The number of anilines is 1. The Hall–Kier alpha value is -2.19. The first-order valence-corrected chi connectivity index (χ1v) is 7.21. The average Bonchev–Trinajstić information content (AvgIpc) is 2.89. The van der Waals surface area contributed by atoms with Crippen LogP contribution in [-0.4, -0.2) is 28.5 Å². The number of rotatable bonds is 4. The van der Waals surface area contributed by atoms with Crippen LogP contribution in [0.1, 0.15) is 0 Å². The molecule has 0 bridgehead atoms. The second-order valence-electron chi connectivity index (χ2n) is 3.78. The van der Waals surface area contributed by atoms with E-state index in [0.717, 1.165) is 11.1 Å². The van der Waals surface area contributed by atoms with Gasteiger partial charge in [0, 0.05) is 17.6 Å². The zero-order valence-corrected chi connectivity index (χ0v) is 12.2. The minimum Gasteiger partial charge on any atom is -0.448 e. The molecule has 0 aromatic carbocycles. The topological polar surface area (TPSA) is 94.4 Å². The lowest BCUT2D eigenvalue weighted by Crippen LogP contribution is -2.14. The monoisotopic (exact) mass is 327 g/mol. The van der Waals surface area contributed by atoms with Gasteiger partial charge < -0.3 is 4.74 Å². The lowest BCUT2D eigenvalue weighted by molar-refractivity contribution is -0.383. The molecule has 2 aliphatic carbocycles. The Morgan fingerprint density at radius 3 is 2.76 bits per heavy atom. The minimum absolute atomic E-state index is 0.207. The SMILES string of the molecule is O=C(Nc1nccs1)OCCCl.O=[N+]([O-])c1ccc2cc1-2. The van der Waals surface area contributed by atoms with Gasteiger partial charge >= 0.3 is 6.09 Å². The Bertz CT molecular complexity index is 648. The van der Waals surface area contributed by atoms with E-state index in [2.05, 4.69) is 15.0 Å². The standard InChI is InChI=1S/C6H7ClN2O2S.C6H3NO2/c7-1-3-11-6(10)9-5-8-2-4-12-5;8-7(9)6-2-1-4-3-5(4)6/h2,4H,1,3H2,(H,8,9,10);1-3H. The Morgan fingerprint density at radius 2 is 2.33 bits per heavy atom. The summed E-state index contributed by atoms with van der Waals surface area (Å²) in [5.74, 6) is 0.297. The van der Waals surface area contributed by atoms with Crippen molar-refractivity contribution >= 4 is 39.8 Å². The molecule has 0 atom stereocenters. The number of halogens is 1. The largest absolute Gasteiger partial charge is 0.448 e. The minimum atomic E-state index is -0.523. The molecule has 0 unspecified atom stereocenters. The van der Waals surface area contributed by atoms with Gasteiger partial charge in [0.05, 0.1) is 16.4 Å². The van der Waals surface area contributed by atoms with E-state index in [-0.39, 0.29) is 17.2 Å². The normalized spacial score (nSPS) is 10.1. The summed E-state index contributed by atoms with van der Waals surface area (Å²) in [4.78, 5) is 24.4. The highest BCUT2D eigenvalue weighted by Crippen LogP contribution is 2.42. The van der Waals surface area contributed by atoms with E-state index in [9.17, 15) is 14.9 Å². The summed E-state index contributed by atoms with van der Waals surface area (Å²) in [5.41, 5.74) is 2.06. The Kier molecular flexibility index (Phi) is 5.07. The van der Waals surface area contributed by atoms with Crippen molar-refractivity contribution in [1.82, 2.24) is 4.98 Å². The summed E-state index contributed by atoms with van der Waals surface area (Å²) in [7, 11) is 0. The number of aromatic nitrogens is 1. The Balaban J connectivity index is 0.000000159. The molecular weight excluding hydrogens is 318 g/mol. The summed E-state index contributed by atoms with van der Waals surface area (Å²) in [6, 6.07) is 5.09. The molecule has 9 heteroatoms. The average molecular weight is 328 g/mol. The van der Waals surface area contributed by atoms with E-state index in [1.807, 2.05) is 0 Å². The number of ether oxygens (including phenoxy) is 1. The second-order valence-corrected chi connectivity index (χ2v) is 5.05. The fourth-order valence-corrected chi connectivity index (χ4v) is 2.03. The first-order valence-electron chi connectivity index (χ1n) is 5.80. The summed E-state index contributed by atoms with van der Waals surface area (Å²) >= 11 is 6.64. The lowest BCUT2D eigenvalue weighted by atomic mass is 10.5. The predicted octanol–water partition coefficient (Wildman–Crippen LogP) is 3.51. The number of hydrogen-bond acceptors (Lipinski definition) is 6. The maximum absolute atomic E-state index is 10.8. The van der Waals surface area contributed by atoms with Crippen LogP contribution in [0.5, 0.6) is 0 Å².